The molecule has 0 saturated heterocycles. The molecular weight excluding hydrogens is 679 g/mol. The summed E-state index contributed by atoms with van der Waals surface area (Å²) in [6.45, 7) is 0. The Kier molecular flexibility index (Phi) is 6.55. The summed E-state index contributed by atoms with van der Waals surface area (Å²) in [5.74, 6) is 1.53. The van der Waals surface area contributed by atoms with Crippen LogP contribution < -0.4 is 0 Å². The van der Waals surface area contributed by atoms with Gasteiger partial charge in [0.1, 0.15) is 5.82 Å². The van der Waals surface area contributed by atoms with Crippen LogP contribution in [0.2, 0.25) is 0 Å². The average molecular weight is 712 g/mol. The quantitative estimate of drug-likeness (QED) is 0.182. The number of rotatable bonds is 4. The van der Waals surface area contributed by atoms with Crippen LogP contribution in [0.4, 0.5) is 0 Å². The lowest BCUT2D eigenvalue weighted by molar-refractivity contribution is 0.794. The van der Waals surface area contributed by atoms with Gasteiger partial charge < -0.3 is 0 Å². The minimum atomic E-state index is -0.392. The van der Waals surface area contributed by atoms with Crippen LogP contribution in [0.3, 0.4) is 0 Å². The first-order valence-electron chi connectivity index (χ1n) is 19.2. The van der Waals surface area contributed by atoms with Crippen molar-refractivity contribution in [1.82, 2.24) is 14.5 Å². The molecule has 1 spiro atoms. The van der Waals surface area contributed by atoms with Gasteiger partial charge in [-0.25, -0.2) is 9.97 Å². The Morgan fingerprint density at radius 1 is 0.339 bits per heavy atom. The number of hydrogen-bond acceptors (Lipinski definition) is 2. The average Bonchev–Trinajstić information content (AvgIpc) is 3.88. The van der Waals surface area contributed by atoms with E-state index in [4.69, 9.17) is 9.97 Å². The largest absolute Gasteiger partial charge is 0.294 e. The molecule has 0 unspecified atom stereocenters. The summed E-state index contributed by atoms with van der Waals surface area (Å²) in [6.07, 6.45) is 0. The lowest BCUT2D eigenvalue weighted by atomic mass is 9.70. The number of aromatic nitrogens is 3. The van der Waals surface area contributed by atoms with Crippen molar-refractivity contribution in [3.05, 3.63) is 222 Å². The van der Waals surface area contributed by atoms with Crippen molar-refractivity contribution in [1.29, 1.82) is 0 Å². The summed E-state index contributed by atoms with van der Waals surface area (Å²) in [4.78, 5) is 10.6. The monoisotopic (exact) mass is 711 g/mol. The van der Waals surface area contributed by atoms with E-state index in [1.807, 2.05) is 6.07 Å². The van der Waals surface area contributed by atoms with Gasteiger partial charge >= 0.3 is 0 Å². The molecule has 56 heavy (non-hydrogen) atoms. The standard InChI is InChI=1S/C53H33N3/c1-2-15-34(16-3-1)48-33-51(56-49-27-12-7-22-42(49)43-23-8-13-28-50(43)56)55-52(54-48)37-18-14-17-35(31-37)36-29-30-41-40-21-6-11-26-46(40)53(47(41)32-36)44-24-9-4-19-38(44)39-20-5-10-25-45(39)53/h1-33H. The maximum absolute atomic E-state index is 5.35. The van der Waals surface area contributed by atoms with Crippen LogP contribution in [0.25, 0.3) is 83.6 Å². The molecule has 12 rings (SSSR count). The molecule has 0 atom stereocenters. The zero-order chi connectivity index (χ0) is 36.8. The van der Waals surface area contributed by atoms with E-state index in [0.29, 0.717) is 5.82 Å². The summed E-state index contributed by atoms with van der Waals surface area (Å²) in [6, 6.07) is 72.5. The lowest BCUT2D eigenvalue weighted by Crippen LogP contribution is -2.25. The van der Waals surface area contributed by atoms with E-state index in [9.17, 15) is 0 Å². The number of fused-ring (bicyclic) bond motifs is 13. The van der Waals surface area contributed by atoms with E-state index in [-0.39, 0.29) is 0 Å². The maximum Gasteiger partial charge on any atom is 0.162 e. The van der Waals surface area contributed by atoms with E-state index in [2.05, 4.69) is 199 Å². The van der Waals surface area contributed by atoms with Crippen LogP contribution in [0.15, 0.2) is 200 Å². The highest BCUT2D eigenvalue weighted by Gasteiger charge is 2.51. The molecule has 2 aliphatic rings. The van der Waals surface area contributed by atoms with Crippen molar-refractivity contribution >= 4 is 21.8 Å². The first-order valence-corrected chi connectivity index (χ1v) is 19.2. The second-order valence-corrected chi connectivity index (χ2v) is 14.9. The van der Waals surface area contributed by atoms with Crippen LogP contribution in [0.5, 0.6) is 0 Å². The van der Waals surface area contributed by atoms with Gasteiger partial charge in [0.25, 0.3) is 0 Å². The highest BCUT2D eigenvalue weighted by molar-refractivity contribution is 6.09. The Morgan fingerprint density at radius 3 is 1.48 bits per heavy atom. The third-order valence-corrected chi connectivity index (χ3v) is 12.0. The van der Waals surface area contributed by atoms with Crippen LogP contribution in [-0.4, -0.2) is 14.5 Å². The minimum Gasteiger partial charge on any atom is -0.294 e. The molecule has 0 aliphatic heterocycles. The second-order valence-electron chi connectivity index (χ2n) is 14.9. The molecule has 2 heterocycles. The molecule has 0 N–H and O–H groups in total. The molecule has 0 radical (unpaired) electrons. The normalized spacial score (nSPS) is 13.1. The zero-order valence-corrected chi connectivity index (χ0v) is 30.4. The molecular formula is C53H33N3. The zero-order valence-electron chi connectivity index (χ0n) is 30.4. The van der Waals surface area contributed by atoms with E-state index in [0.717, 1.165) is 39.2 Å². The lowest BCUT2D eigenvalue weighted by Gasteiger charge is -2.30. The van der Waals surface area contributed by atoms with Crippen LogP contribution in [0, 0.1) is 0 Å². The van der Waals surface area contributed by atoms with E-state index in [1.54, 1.807) is 0 Å². The van der Waals surface area contributed by atoms with Gasteiger partial charge in [-0.1, -0.05) is 170 Å². The van der Waals surface area contributed by atoms with Crippen molar-refractivity contribution in [2.24, 2.45) is 0 Å². The molecule has 2 aliphatic carbocycles. The summed E-state index contributed by atoms with van der Waals surface area (Å²) in [7, 11) is 0. The van der Waals surface area contributed by atoms with Crippen LogP contribution >= 0.6 is 0 Å². The molecule has 0 bridgehead atoms. The number of benzene rings is 8. The first kappa shape index (κ1) is 31.0. The second kappa shape index (κ2) is 11.8. The van der Waals surface area contributed by atoms with Crippen molar-refractivity contribution < 1.29 is 0 Å². The molecule has 0 amide bonds. The predicted molar refractivity (Wildman–Crippen MR) is 229 cm³/mol. The first-order chi connectivity index (χ1) is 27.8. The minimum absolute atomic E-state index is 0.392. The van der Waals surface area contributed by atoms with Crippen molar-refractivity contribution in [2.75, 3.05) is 0 Å². The van der Waals surface area contributed by atoms with Gasteiger partial charge in [0.2, 0.25) is 0 Å². The number of nitrogens with zero attached hydrogens (tertiary/aromatic N) is 3. The molecule has 260 valence electrons. The molecule has 0 saturated carbocycles. The highest BCUT2D eigenvalue weighted by atomic mass is 15.1. The van der Waals surface area contributed by atoms with Gasteiger partial charge in [0.15, 0.2) is 5.82 Å². The Bertz CT molecular complexity index is 3090. The fourth-order valence-electron chi connectivity index (χ4n) is 9.72. The smallest absolute Gasteiger partial charge is 0.162 e. The number of para-hydroxylation sites is 2. The van der Waals surface area contributed by atoms with Gasteiger partial charge in [0, 0.05) is 28.0 Å². The van der Waals surface area contributed by atoms with Gasteiger partial charge in [-0.2, -0.15) is 0 Å². The SMILES string of the molecule is c1ccc(-c2cc(-n3c4ccccc4c4ccccc43)nc(-c3cccc(-c4ccc5c(c4)C4(c6ccccc6-c6ccccc64)c4ccccc4-5)c3)n2)cc1. The topological polar surface area (TPSA) is 30.7 Å². The third kappa shape index (κ3) is 4.28. The molecule has 3 nitrogen and oxygen atoms in total. The predicted octanol–water partition coefficient (Wildman–Crippen LogP) is 12.9. The van der Waals surface area contributed by atoms with Gasteiger partial charge in [0.05, 0.1) is 22.1 Å². The summed E-state index contributed by atoms with van der Waals surface area (Å²) < 4.78 is 2.28. The van der Waals surface area contributed by atoms with Crippen LogP contribution in [0.1, 0.15) is 22.3 Å². The van der Waals surface area contributed by atoms with Gasteiger partial charge in [-0.15, -0.1) is 0 Å². The van der Waals surface area contributed by atoms with Gasteiger partial charge in [-0.05, 0) is 79.9 Å². The maximum atomic E-state index is 5.35. The Hall–Kier alpha value is -7.36. The van der Waals surface area contributed by atoms with E-state index < -0.39 is 5.41 Å². The Balaban J connectivity index is 1.05. The van der Waals surface area contributed by atoms with Crippen LogP contribution in [-0.2, 0) is 5.41 Å². The van der Waals surface area contributed by atoms with Crippen molar-refractivity contribution in [3.63, 3.8) is 0 Å². The van der Waals surface area contributed by atoms with Gasteiger partial charge in [-0.3, -0.25) is 4.57 Å². The molecule has 8 aromatic carbocycles. The Morgan fingerprint density at radius 2 is 0.839 bits per heavy atom. The number of hydrogen-bond donors (Lipinski definition) is 0. The summed E-state index contributed by atoms with van der Waals surface area (Å²) in [5, 5.41) is 2.41. The highest BCUT2D eigenvalue weighted by Crippen LogP contribution is 2.63. The van der Waals surface area contributed by atoms with E-state index >= 15 is 0 Å². The fraction of sp³-hybridized carbons (Fsp3) is 0.0189. The van der Waals surface area contributed by atoms with Crippen molar-refractivity contribution in [2.45, 2.75) is 5.41 Å². The molecule has 3 heteroatoms. The Labute approximate surface area is 324 Å². The fourth-order valence-corrected chi connectivity index (χ4v) is 9.72. The molecule has 0 fully saturated rings. The van der Waals surface area contributed by atoms with Crippen molar-refractivity contribution in [3.8, 4) is 61.8 Å². The van der Waals surface area contributed by atoms with E-state index in [1.165, 1.54) is 60.8 Å². The molecule has 10 aromatic rings. The molecule has 2 aromatic heterocycles. The third-order valence-electron chi connectivity index (χ3n) is 12.0. The summed E-state index contributed by atoms with van der Waals surface area (Å²) in [5.41, 5.74) is 17.6. The summed E-state index contributed by atoms with van der Waals surface area (Å²) >= 11 is 0.